The highest BCUT2D eigenvalue weighted by atomic mass is 35.5. The summed E-state index contributed by atoms with van der Waals surface area (Å²) < 4.78 is 51.4. The Bertz CT molecular complexity index is 1080. The molecule has 1 N–H and O–H groups in total. The van der Waals surface area contributed by atoms with Gasteiger partial charge in [0, 0.05) is 42.9 Å². The zero-order valence-electron chi connectivity index (χ0n) is 28.0. The molecule has 1 saturated heterocycles. The van der Waals surface area contributed by atoms with Gasteiger partial charge in [-0.3, -0.25) is 0 Å². The van der Waals surface area contributed by atoms with Crippen LogP contribution in [0.5, 0.6) is 0 Å². The third-order valence-corrected chi connectivity index (χ3v) is 10.2. The Morgan fingerprint density at radius 1 is 1.19 bits per heavy atom. The average molecular weight is 647 g/mol. The normalized spacial score (nSPS) is 19.0. The predicted molar refractivity (Wildman–Crippen MR) is 180 cm³/mol. The van der Waals surface area contributed by atoms with Crippen molar-refractivity contribution in [2.45, 2.75) is 118 Å². The van der Waals surface area contributed by atoms with Crippen LogP contribution in [-0.4, -0.2) is 61.1 Å². The molecule has 1 saturated carbocycles. The molecular weight excluding hydrogens is 590 g/mol. The lowest BCUT2D eigenvalue weighted by Crippen LogP contribution is -2.43. The van der Waals surface area contributed by atoms with E-state index in [0.29, 0.717) is 15.5 Å². The molecular formula is C34H57ClF2N2O3S. The second kappa shape index (κ2) is 20.5. The summed E-state index contributed by atoms with van der Waals surface area (Å²) in [7, 11) is -2.48. The number of sulfonamides is 1. The Kier molecular flexibility index (Phi) is 19.7. The minimum Gasteiger partial charge on any atom is -0.400 e. The number of allylic oxidation sites excluding steroid dienone is 5. The molecule has 2 aliphatic rings. The van der Waals surface area contributed by atoms with Crippen molar-refractivity contribution in [3.63, 3.8) is 0 Å². The van der Waals surface area contributed by atoms with Crippen LogP contribution in [-0.2, 0) is 10.0 Å². The maximum Gasteiger partial charge on any atom is 0.239 e. The number of rotatable bonds is 11. The van der Waals surface area contributed by atoms with Crippen molar-refractivity contribution in [1.29, 1.82) is 0 Å². The van der Waals surface area contributed by atoms with Crippen molar-refractivity contribution in [2.75, 3.05) is 20.2 Å². The van der Waals surface area contributed by atoms with E-state index in [0.717, 1.165) is 43.9 Å². The van der Waals surface area contributed by atoms with Gasteiger partial charge in [-0.25, -0.2) is 17.2 Å². The number of unbranched alkanes of at least 4 members (excludes halogenated alkanes) is 1. The van der Waals surface area contributed by atoms with E-state index in [-0.39, 0.29) is 12.1 Å². The highest BCUT2D eigenvalue weighted by molar-refractivity contribution is 7.93. The van der Waals surface area contributed by atoms with Gasteiger partial charge in [-0.05, 0) is 115 Å². The van der Waals surface area contributed by atoms with Gasteiger partial charge in [-0.1, -0.05) is 50.9 Å². The standard InChI is InChI=1S/C16H28ClNO2S.C10H19N.C7H6F2.CH4O/c1-7-9-10-14(5)18(13(3)4)21(19,20)15(6)11-12-16(17)8-2;1-9-4-3-7-11(9)8-10(2)5-6-10;1-5-2-6(8)4-7(9)3-5;1-2/h8,11-14H,2,7,9-10H2,1,3-6H3;9H,3-8H2,1-2H3;2-4H,1H3;2H,1H3/b15-11+,16-12+;;;. The van der Waals surface area contributed by atoms with Crippen molar-refractivity contribution in [1.82, 2.24) is 9.21 Å². The van der Waals surface area contributed by atoms with Crippen LogP contribution >= 0.6 is 11.6 Å². The number of aryl methyl sites for hydroxylation is 1. The molecule has 0 bridgehead atoms. The molecule has 0 spiro atoms. The Balaban J connectivity index is 0.000000661. The van der Waals surface area contributed by atoms with Gasteiger partial charge in [0.25, 0.3) is 0 Å². The first-order chi connectivity index (χ1) is 20.1. The van der Waals surface area contributed by atoms with Gasteiger partial charge >= 0.3 is 0 Å². The Morgan fingerprint density at radius 2 is 1.74 bits per heavy atom. The van der Waals surface area contributed by atoms with Gasteiger partial charge in [0.05, 0.1) is 4.91 Å². The molecule has 43 heavy (non-hydrogen) atoms. The fraction of sp³-hybridized carbons (Fsp3) is 0.647. The van der Waals surface area contributed by atoms with Crippen molar-refractivity contribution >= 4 is 21.6 Å². The van der Waals surface area contributed by atoms with Crippen LogP contribution in [0.4, 0.5) is 8.78 Å². The zero-order valence-corrected chi connectivity index (χ0v) is 29.5. The predicted octanol–water partition coefficient (Wildman–Crippen LogP) is 8.97. The van der Waals surface area contributed by atoms with E-state index in [4.69, 9.17) is 16.7 Å². The molecule has 2 atom stereocenters. The van der Waals surface area contributed by atoms with Crippen molar-refractivity contribution in [3.05, 3.63) is 70.1 Å². The van der Waals surface area contributed by atoms with Gasteiger partial charge in [-0.15, -0.1) is 0 Å². The van der Waals surface area contributed by atoms with Gasteiger partial charge in [0.2, 0.25) is 10.0 Å². The summed E-state index contributed by atoms with van der Waals surface area (Å²) in [5, 5.41) is 7.42. The number of aliphatic hydroxyl groups is 1. The lowest BCUT2D eigenvalue weighted by atomic mass is 10.1. The molecule has 5 nitrogen and oxygen atoms in total. The second-order valence-corrected chi connectivity index (χ2v) is 14.6. The first kappa shape index (κ1) is 41.4. The molecule has 1 aliphatic heterocycles. The zero-order chi connectivity index (χ0) is 33.4. The smallest absolute Gasteiger partial charge is 0.239 e. The average Bonchev–Trinajstić information content (AvgIpc) is 3.53. The molecule has 248 valence electrons. The van der Waals surface area contributed by atoms with E-state index in [1.807, 2.05) is 20.8 Å². The van der Waals surface area contributed by atoms with Crippen LogP contribution in [0.15, 0.2) is 52.9 Å². The summed E-state index contributed by atoms with van der Waals surface area (Å²) in [6.45, 7) is 22.2. The van der Waals surface area contributed by atoms with Gasteiger partial charge < -0.3 is 10.0 Å². The molecule has 2 unspecified atom stereocenters. The fourth-order valence-electron chi connectivity index (χ4n) is 4.95. The maximum absolute atomic E-state index is 12.7. The summed E-state index contributed by atoms with van der Waals surface area (Å²) in [4.78, 5) is 2.96. The molecule has 0 aromatic heterocycles. The molecule has 1 heterocycles. The number of hydrogen-bond acceptors (Lipinski definition) is 4. The minimum absolute atomic E-state index is 0.0165. The quantitative estimate of drug-likeness (QED) is 0.244. The van der Waals surface area contributed by atoms with E-state index >= 15 is 0 Å². The van der Waals surface area contributed by atoms with Crippen molar-refractivity contribution < 1.29 is 22.3 Å². The summed E-state index contributed by atoms with van der Waals surface area (Å²) in [6, 6.07) is 4.19. The summed E-state index contributed by atoms with van der Waals surface area (Å²) in [5.74, 6) is -1.04. The lowest BCUT2D eigenvalue weighted by Gasteiger charge is -2.32. The molecule has 0 radical (unpaired) electrons. The Morgan fingerprint density at radius 3 is 2.14 bits per heavy atom. The first-order valence-electron chi connectivity index (χ1n) is 15.4. The van der Waals surface area contributed by atoms with Crippen LogP contribution < -0.4 is 0 Å². The second-order valence-electron chi connectivity index (χ2n) is 12.2. The molecule has 2 fully saturated rings. The number of nitrogens with zero attached hydrogens (tertiary/aromatic N) is 2. The number of halogens is 3. The van der Waals surface area contributed by atoms with Gasteiger partial charge in [-0.2, -0.15) is 4.31 Å². The summed E-state index contributed by atoms with van der Waals surface area (Å²) in [6.07, 6.45) is 13.3. The van der Waals surface area contributed by atoms with Crippen LogP contribution in [0.3, 0.4) is 0 Å². The third-order valence-electron chi connectivity index (χ3n) is 7.66. The number of aliphatic hydroxyl groups excluding tert-OH is 1. The molecule has 0 amide bonds. The van der Waals surface area contributed by atoms with E-state index in [9.17, 15) is 17.2 Å². The highest BCUT2D eigenvalue weighted by Crippen LogP contribution is 2.46. The van der Waals surface area contributed by atoms with Crippen LogP contribution in [0, 0.1) is 24.0 Å². The SMILES string of the molecule is C=C/C(Cl)=C\C=C(/C)S(=O)(=O)N(C(C)C)C(C)CCCC.CC1CCCN1CC1(C)CC1.CO.Cc1cc(F)cc(F)c1. The van der Waals surface area contributed by atoms with Crippen LogP contribution in [0.25, 0.3) is 0 Å². The van der Waals surface area contributed by atoms with E-state index in [1.165, 1.54) is 63.1 Å². The van der Waals surface area contributed by atoms with Crippen molar-refractivity contribution in [2.24, 2.45) is 5.41 Å². The van der Waals surface area contributed by atoms with Crippen LogP contribution in [0.2, 0.25) is 0 Å². The molecule has 3 rings (SSSR count). The fourth-order valence-corrected chi connectivity index (χ4v) is 6.72. The van der Waals surface area contributed by atoms with E-state index in [1.54, 1.807) is 24.2 Å². The van der Waals surface area contributed by atoms with Gasteiger partial charge in [0.15, 0.2) is 0 Å². The monoisotopic (exact) mass is 646 g/mol. The molecule has 1 aromatic carbocycles. The Hall–Kier alpha value is -1.58. The first-order valence-corrected chi connectivity index (χ1v) is 17.2. The number of likely N-dealkylation sites (tertiary alicyclic amines) is 1. The molecule has 1 aromatic rings. The molecule has 9 heteroatoms. The molecule has 1 aliphatic carbocycles. The van der Waals surface area contributed by atoms with Gasteiger partial charge in [0.1, 0.15) is 11.6 Å². The summed E-state index contributed by atoms with van der Waals surface area (Å²) in [5.41, 5.74) is 1.33. The lowest BCUT2D eigenvalue weighted by molar-refractivity contribution is 0.223. The maximum atomic E-state index is 12.7. The Labute approximate surface area is 266 Å². The topological polar surface area (TPSA) is 60.9 Å². The van der Waals surface area contributed by atoms with E-state index in [2.05, 4.69) is 32.3 Å². The highest BCUT2D eigenvalue weighted by Gasteiger charge is 2.40. The third kappa shape index (κ3) is 15.8. The van der Waals surface area contributed by atoms with E-state index < -0.39 is 21.7 Å². The number of hydrogen-bond donors (Lipinski definition) is 1. The largest absolute Gasteiger partial charge is 0.400 e. The summed E-state index contributed by atoms with van der Waals surface area (Å²) >= 11 is 5.82. The number of benzene rings is 1. The van der Waals surface area contributed by atoms with Crippen molar-refractivity contribution in [3.8, 4) is 0 Å². The van der Waals surface area contributed by atoms with Crippen LogP contribution in [0.1, 0.15) is 99.0 Å². The minimum atomic E-state index is -3.48.